The molecule has 7 nitrogen and oxygen atoms in total. The fourth-order valence-corrected chi connectivity index (χ4v) is 2.22. The SMILES string of the molecule is CCOc1c(C#N)c(N)nc(SC(C)C(N)=O)c1C#N. The van der Waals surface area contributed by atoms with E-state index in [0.717, 1.165) is 11.8 Å². The predicted octanol–water partition coefficient (Wildman–Crippen LogP) is 0.772. The summed E-state index contributed by atoms with van der Waals surface area (Å²) >= 11 is 0.999. The highest BCUT2D eigenvalue weighted by Gasteiger charge is 2.23. The van der Waals surface area contributed by atoms with Crippen LogP contribution in [-0.2, 0) is 4.79 Å². The van der Waals surface area contributed by atoms with Crippen molar-refractivity contribution in [2.24, 2.45) is 5.73 Å². The summed E-state index contributed by atoms with van der Waals surface area (Å²) in [5, 5.41) is 17.9. The van der Waals surface area contributed by atoms with E-state index in [-0.39, 0.29) is 34.3 Å². The van der Waals surface area contributed by atoms with Crippen molar-refractivity contribution in [3.05, 3.63) is 11.1 Å². The number of nitrogen functional groups attached to an aromatic ring is 1. The van der Waals surface area contributed by atoms with Gasteiger partial charge in [0.15, 0.2) is 5.75 Å². The second kappa shape index (κ2) is 6.64. The fourth-order valence-electron chi connectivity index (χ4n) is 1.37. The number of anilines is 1. The number of rotatable bonds is 5. The Hall–Kier alpha value is -2.45. The van der Waals surface area contributed by atoms with Gasteiger partial charge < -0.3 is 16.2 Å². The van der Waals surface area contributed by atoms with Crippen molar-refractivity contribution in [1.82, 2.24) is 4.98 Å². The lowest BCUT2D eigenvalue weighted by molar-refractivity contribution is -0.117. The van der Waals surface area contributed by atoms with Crippen LogP contribution in [0, 0.1) is 22.7 Å². The third-order valence-electron chi connectivity index (χ3n) is 2.35. The summed E-state index contributed by atoms with van der Waals surface area (Å²) in [6.07, 6.45) is 0. The highest BCUT2D eigenvalue weighted by Crippen LogP contribution is 2.35. The van der Waals surface area contributed by atoms with Crippen LogP contribution in [0.5, 0.6) is 5.75 Å². The van der Waals surface area contributed by atoms with Crippen molar-refractivity contribution in [3.63, 3.8) is 0 Å². The van der Waals surface area contributed by atoms with E-state index in [4.69, 9.17) is 21.5 Å². The van der Waals surface area contributed by atoms with E-state index in [2.05, 4.69) is 4.98 Å². The molecule has 1 unspecified atom stereocenters. The van der Waals surface area contributed by atoms with Gasteiger partial charge in [-0.1, -0.05) is 11.8 Å². The molecular weight excluding hydrogens is 278 g/mol. The predicted molar refractivity (Wildman–Crippen MR) is 73.8 cm³/mol. The third-order valence-corrected chi connectivity index (χ3v) is 3.45. The molecule has 0 fully saturated rings. The first-order valence-corrected chi connectivity index (χ1v) is 6.56. The number of nitriles is 2. The zero-order valence-electron chi connectivity index (χ0n) is 11.0. The number of thioether (sulfide) groups is 1. The molecule has 8 heteroatoms. The van der Waals surface area contributed by atoms with Crippen LogP contribution in [0.2, 0.25) is 0 Å². The Morgan fingerprint density at radius 1 is 1.45 bits per heavy atom. The summed E-state index contributed by atoms with van der Waals surface area (Å²) < 4.78 is 5.32. The standard InChI is InChI=1S/C12H13N5O2S/c1-3-19-9-7(4-13)10(15)17-12(8(9)5-14)20-6(2)11(16)18/h6H,3H2,1-2H3,(H2,15,17)(H2,16,18). The van der Waals surface area contributed by atoms with Crippen molar-refractivity contribution < 1.29 is 9.53 Å². The van der Waals surface area contributed by atoms with Crippen molar-refractivity contribution >= 4 is 23.5 Å². The molecule has 0 aliphatic rings. The molecule has 0 saturated heterocycles. The minimum absolute atomic E-state index is 0.0134. The molecule has 1 heterocycles. The highest BCUT2D eigenvalue weighted by molar-refractivity contribution is 8.00. The van der Waals surface area contributed by atoms with Crippen LogP contribution in [0.4, 0.5) is 5.82 Å². The van der Waals surface area contributed by atoms with Crippen LogP contribution >= 0.6 is 11.8 Å². The number of pyridine rings is 1. The molecule has 4 N–H and O–H groups in total. The van der Waals surface area contributed by atoms with E-state index >= 15 is 0 Å². The third kappa shape index (κ3) is 3.11. The molecule has 0 aliphatic heterocycles. The molecule has 0 aromatic carbocycles. The van der Waals surface area contributed by atoms with E-state index in [1.54, 1.807) is 13.8 Å². The van der Waals surface area contributed by atoms with E-state index in [1.807, 2.05) is 12.1 Å². The molecule has 0 spiro atoms. The number of hydrogen-bond donors (Lipinski definition) is 2. The topological polar surface area (TPSA) is 139 Å². The first-order valence-electron chi connectivity index (χ1n) is 5.68. The maximum Gasteiger partial charge on any atom is 0.230 e. The zero-order chi connectivity index (χ0) is 15.3. The number of primary amides is 1. The Balaban J connectivity index is 3.44. The first-order chi connectivity index (χ1) is 9.46. The molecule has 1 atom stereocenters. The average Bonchev–Trinajstić information content (AvgIpc) is 2.39. The minimum atomic E-state index is -0.587. The minimum Gasteiger partial charge on any atom is -0.491 e. The van der Waals surface area contributed by atoms with Crippen LogP contribution in [0.3, 0.4) is 0 Å². The largest absolute Gasteiger partial charge is 0.491 e. The summed E-state index contributed by atoms with van der Waals surface area (Å²) in [6.45, 7) is 3.57. The van der Waals surface area contributed by atoms with Gasteiger partial charge >= 0.3 is 0 Å². The van der Waals surface area contributed by atoms with Gasteiger partial charge in [-0.2, -0.15) is 10.5 Å². The molecule has 0 saturated carbocycles. The number of carbonyl (C=O) groups excluding carboxylic acids is 1. The van der Waals surface area contributed by atoms with Gasteiger partial charge in [-0.3, -0.25) is 4.79 Å². The summed E-state index contributed by atoms with van der Waals surface area (Å²) in [6, 6.07) is 3.79. The van der Waals surface area contributed by atoms with Crippen LogP contribution in [0.15, 0.2) is 5.03 Å². The molecule has 1 amide bonds. The van der Waals surface area contributed by atoms with Gasteiger partial charge in [-0.25, -0.2) is 4.98 Å². The van der Waals surface area contributed by atoms with Gasteiger partial charge in [-0.15, -0.1) is 0 Å². The van der Waals surface area contributed by atoms with Gasteiger partial charge in [0.25, 0.3) is 0 Å². The average molecular weight is 291 g/mol. The van der Waals surface area contributed by atoms with Gasteiger partial charge in [0, 0.05) is 0 Å². The Kier molecular flexibility index (Phi) is 5.18. The number of hydrogen-bond acceptors (Lipinski definition) is 7. The van der Waals surface area contributed by atoms with Gasteiger partial charge in [-0.05, 0) is 13.8 Å². The summed E-state index contributed by atoms with van der Waals surface area (Å²) in [4.78, 5) is 15.1. The van der Waals surface area contributed by atoms with Crippen LogP contribution in [0.25, 0.3) is 0 Å². The number of carbonyl (C=O) groups is 1. The zero-order valence-corrected chi connectivity index (χ0v) is 11.8. The Morgan fingerprint density at radius 2 is 2.05 bits per heavy atom. The normalized spacial score (nSPS) is 11.2. The molecule has 0 aliphatic carbocycles. The van der Waals surface area contributed by atoms with Gasteiger partial charge in [0.05, 0.1) is 11.9 Å². The highest BCUT2D eigenvalue weighted by atomic mass is 32.2. The lowest BCUT2D eigenvalue weighted by atomic mass is 10.2. The molecule has 0 bridgehead atoms. The monoisotopic (exact) mass is 291 g/mol. The quantitative estimate of drug-likeness (QED) is 0.764. The lowest BCUT2D eigenvalue weighted by Crippen LogP contribution is -2.23. The molecule has 104 valence electrons. The van der Waals surface area contributed by atoms with E-state index in [1.165, 1.54) is 0 Å². The molecule has 0 radical (unpaired) electrons. The number of amides is 1. The Morgan fingerprint density at radius 3 is 2.50 bits per heavy atom. The van der Waals surface area contributed by atoms with Crippen LogP contribution in [0.1, 0.15) is 25.0 Å². The summed E-state index contributed by atoms with van der Waals surface area (Å²) in [5.74, 6) is -0.500. The molecule has 20 heavy (non-hydrogen) atoms. The van der Waals surface area contributed by atoms with Crippen LogP contribution < -0.4 is 16.2 Å². The maximum absolute atomic E-state index is 11.1. The van der Waals surface area contributed by atoms with Crippen molar-refractivity contribution in [3.8, 4) is 17.9 Å². The molecule has 1 aromatic rings. The second-order valence-electron chi connectivity index (χ2n) is 3.70. The number of aromatic nitrogens is 1. The Labute approximate surface area is 120 Å². The summed E-state index contributed by atoms with van der Waals surface area (Å²) in [7, 11) is 0. The van der Waals surface area contributed by atoms with Gasteiger partial charge in [0.2, 0.25) is 5.91 Å². The van der Waals surface area contributed by atoms with Crippen molar-refractivity contribution in [2.75, 3.05) is 12.3 Å². The van der Waals surface area contributed by atoms with E-state index in [9.17, 15) is 10.1 Å². The lowest BCUT2D eigenvalue weighted by Gasteiger charge is -2.14. The maximum atomic E-state index is 11.1. The number of nitrogens with zero attached hydrogens (tertiary/aromatic N) is 3. The smallest absolute Gasteiger partial charge is 0.230 e. The summed E-state index contributed by atoms with van der Waals surface area (Å²) in [5.41, 5.74) is 11.0. The van der Waals surface area contributed by atoms with Crippen molar-refractivity contribution in [1.29, 1.82) is 10.5 Å². The fraction of sp³-hybridized carbons (Fsp3) is 0.333. The molecule has 1 rings (SSSR count). The second-order valence-corrected chi connectivity index (χ2v) is 5.03. The number of ether oxygens (including phenoxy) is 1. The van der Waals surface area contributed by atoms with Crippen molar-refractivity contribution in [2.45, 2.75) is 24.1 Å². The van der Waals surface area contributed by atoms with E-state index in [0.29, 0.717) is 0 Å². The first kappa shape index (κ1) is 15.6. The molecule has 1 aromatic heterocycles. The van der Waals surface area contributed by atoms with Gasteiger partial charge in [0.1, 0.15) is 34.1 Å². The molecular formula is C12H13N5O2S. The van der Waals surface area contributed by atoms with E-state index < -0.39 is 11.2 Å². The van der Waals surface area contributed by atoms with Crippen LogP contribution in [-0.4, -0.2) is 22.7 Å². The number of nitrogens with two attached hydrogens (primary N) is 2. The Bertz CT molecular complexity index is 618.